The lowest BCUT2D eigenvalue weighted by molar-refractivity contribution is -0.127. The summed E-state index contributed by atoms with van der Waals surface area (Å²) in [6.45, 7) is 8.68. The van der Waals surface area contributed by atoms with Gasteiger partial charge in [-0.2, -0.15) is 0 Å². The molecule has 27 heavy (non-hydrogen) atoms. The van der Waals surface area contributed by atoms with Gasteiger partial charge in [-0.15, -0.1) is 35.3 Å². The van der Waals surface area contributed by atoms with Crippen LogP contribution in [0.2, 0.25) is 0 Å². The number of nitrogens with one attached hydrogen (secondary N) is 2. The molecule has 154 valence electrons. The largest absolute Gasteiger partial charge is 0.462 e. The fourth-order valence-electron chi connectivity index (χ4n) is 1.94. The highest BCUT2D eigenvalue weighted by Gasteiger charge is 2.20. The van der Waals surface area contributed by atoms with Crippen molar-refractivity contribution in [1.29, 1.82) is 0 Å². The van der Waals surface area contributed by atoms with Gasteiger partial charge in [0.15, 0.2) is 5.96 Å². The van der Waals surface area contributed by atoms with Gasteiger partial charge in [-0.1, -0.05) is 6.92 Å². The van der Waals surface area contributed by atoms with Gasteiger partial charge in [0.25, 0.3) is 0 Å². The number of esters is 1. The third kappa shape index (κ3) is 8.41. The van der Waals surface area contributed by atoms with E-state index in [1.165, 1.54) is 16.2 Å². The topological polar surface area (TPSA) is 95.9 Å². The summed E-state index contributed by atoms with van der Waals surface area (Å²) >= 11 is 1.30. The molecule has 1 atom stereocenters. The van der Waals surface area contributed by atoms with Crippen LogP contribution in [0.1, 0.15) is 53.6 Å². The summed E-state index contributed by atoms with van der Waals surface area (Å²) in [6, 6.07) is -0.167. The molecule has 0 aliphatic rings. The number of thiazole rings is 1. The minimum Gasteiger partial charge on any atom is -0.462 e. The van der Waals surface area contributed by atoms with E-state index >= 15 is 0 Å². The fourth-order valence-corrected chi connectivity index (χ4v) is 2.90. The number of aliphatic imine (C=N–C) groups is 1. The number of likely N-dealkylation sites (N-methyl/N-ethyl adjacent to an activating group) is 1. The van der Waals surface area contributed by atoms with Crippen molar-refractivity contribution in [3.8, 4) is 0 Å². The number of hydrogen-bond acceptors (Lipinski definition) is 6. The number of halogens is 1. The number of carbonyl (C=O) groups is 2. The third-order valence-corrected chi connectivity index (χ3v) is 4.73. The van der Waals surface area contributed by atoms with Crippen molar-refractivity contribution in [3.05, 3.63) is 15.6 Å². The minimum absolute atomic E-state index is 0. The zero-order valence-corrected chi connectivity index (χ0v) is 19.9. The molecule has 0 spiro atoms. The molecular weight excluding hydrogens is 481 g/mol. The van der Waals surface area contributed by atoms with E-state index in [-0.39, 0.29) is 48.4 Å². The Morgan fingerprint density at radius 2 is 2.00 bits per heavy atom. The number of hydrogen-bond donors (Lipinski definition) is 2. The summed E-state index contributed by atoms with van der Waals surface area (Å²) in [4.78, 5) is 34.5. The van der Waals surface area contributed by atoms with Crippen LogP contribution in [0.5, 0.6) is 0 Å². The average molecular weight is 511 g/mol. The number of aromatic nitrogens is 1. The first-order chi connectivity index (χ1) is 12.3. The quantitative estimate of drug-likeness (QED) is 0.241. The molecular formula is C17H30IN5O3S. The lowest BCUT2D eigenvalue weighted by Crippen LogP contribution is -2.40. The summed E-state index contributed by atoms with van der Waals surface area (Å²) in [5.74, 6) is 0.112. The van der Waals surface area contributed by atoms with Crippen LogP contribution in [0.4, 0.5) is 0 Å². The SMILES string of the molecule is CCCNC(=NCC(=O)N(C)C)NC(C)c1nc(C)c(C(=O)OCC)s1.I. The monoisotopic (exact) mass is 511 g/mol. The van der Waals surface area contributed by atoms with E-state index in [1.807, 2.05) is 6.92 Å². The van der Waals surface area contributed by atoms with Crippen molar-refractivity contribution in [2.75, 3.05) is 33.8 Å². The zero-order valence-electron chi connectivity index (χ0n) is 16.8. The van der Waals surface area contributed by atoms with Gasteiger partial charge in [0, 0.05) is 20.6 Å². The summed E-state index contributed by atoms with van der Waals surface area (Å²) in [7, 11) is 3.39. The van der Waals surface area contributed by atoms with Gasteiger partial charge in [0.2, 0.25) is 5.91 Å². The summed E-state index contributed by atoms with van der Waals surface area (Å²) in [6.07, 6.45) is 0.931. The first kappa shape index (κ1) is 25.6. The number of rotatable bonds is 8. The Balaban J connectivity index is 0.00000676. The van der Waals surface area contributed by atoms with Crippen molar-refractivity contribution in [2.24, 2.45) is 4.99 Å². The van der Waals surface area contributed by atoms with E-state index in [4.69, 9.17) is 4.74 Å². The zero-order chi connectivity index (χ0) is 19.7. The molecule has 0 saturated carbocycles. The van der Waals surface area contributed by atoms with Crippen LogP contribution in [-0.2, 0) is 9.53 Å². The fraction of sp³-hybridized carbons (Fsp3) is 0.647. The van der Waals surface area contributed by atoms with Crippen LogP contribution in [0.25, 0.3) is 0 Å². The average Bonchev–Trinajstić information content (AvgIpc) is 2.99. The smallest absolute Gasteiger partial charge is 0.350 e. The molecule has 1 aromatic rings. The van der Waals surface area contributed by atoms with Gasteiger partial charge < -0.3 is 20.3 Å². The van der Waals surface area contributed by atoms with Gasteiger partial charge in [-0.25, -0.2) is 14.8 Å². The molecule has 10 heteroatoms. The van der Waals surface area contributed by atoms with E-state index in [9.17, 15) is 9.59 Å². The molecule has 8 nitrogen and oxygen atoms in total. The van der Waals surface area contributed by atoms with E-state index in [0.717, 1.165) is 18.0 Å². The Bertz CT molecular complexity index is 649. The van der Waals surface area contributed by atoms with E-state index in [0.29, 0.717) is 23.1 Å². The van der Waals surface area contributed by atoms with Gasteiger partial charge in [-0.05, 0) is 27.2 Å². The maximum absolute atomic E-state index is 12.0. The lowest BCUT2D eigenvalue weighted by atomic mass is 10.3. The molecule has 0 aliphatic heterocycles. The number of nitrogens with zero attached hydrogens (tertiary/aromatic N) is 3. The number of guanidine groups is 1. The van der Waals surface area contributed by atoms with Gasteiger partial charge in [0.1, 0.15) is 16.4 Å². The molecule has 1 unspecified atom stereocenters. The highest BCUT2D eigenvalue weighted by molar-refractivity contribution is 14.0. The molecule has 0 fully saturated rings. The normalized spacial score (nSPS) is 12.0. The Labute approximate surface area is 182 Å². The number of amides is 1. The number of aryl methyl sites for hydroxylation is 1. The van der Waals surface area contributed by atoms with Crippen LogP contribution in [0.15, 0.2) is 4.99 Å². The van der Waals surface area contributed by atoms with Crippen LogP contribution in [0, 0.1) is 6.92 Å². The molecule has 0 aromatic carbocycles. The predicted molar refractivity (Wildman–Crippen MR) is 119 cm³/mol. The van der Waals surface area contributed by atoms with Crippen molar-refractivity contribution < 1.29 is 14.3 Å². The molecule has 0 radical (unpaired) electrons. The molecule has 1 aromatic heterocycles. The first-order valence-corrected chi connectivity index (χ1v) is 9.51. The number of carbonyl (C=O) groups excluding carboxylic acids is 2. The third-order valence-electron chi connectivity index (χ3n) is 3.41. The maximum Gasteiger partial charge on any atom is 0.350 e. The predicted octanol–water partition coefficient (Wildman–Crippen LogP) is 2.34. The maximum atomic E-state index is 12.0. The first-order valence-electron chi connectivity index (χ1n) is 8.69. The Morgan fingerprint density at radius 1 is 1.33 bits per heavy atom. The van der Waals surface area contributed by atoms with Crippen LogP contribution in [-0.4, -0.2) is 61.5 Å². The Hall–Kier alpha value is -1.43. The van der Waals surface area contributed by atoms with E-state index in [1.54, 1.807) is 27.9 Å². The molecule has 1 heterocycles. The van der Waals surface area contributed by atoms with E-state index in [2.05, 4.69) is 27.5 Å². The number of ether oxygens (including phenoxy) is 1. The highest BCUT2D eigenvalue weighted by Crippen LogP contribution is 2.24. The van der Waals surface area contributed by atoms with Gasteiger partial charge in [0.05, 0.1) is 18.3 Å². The molecule has 1 amide bonds. The van der Waals surface area contributed by atoms with Crippen LogP contribution in [0.3, 0.4) is 0 Å². The second-order valence-electron chi connectivity index (χ2n) is 5.93. The molecule has 2 N–H and O–H groups in total. The standard InChI is InChI=1S/C17H29N5O3S.HI/c1-7-9-18-17(19-10-13(23)22(5)6)21-12(4)15-20-11(3)14(26-15)16(24)25-8-2;/h12H,7-10H2,1-6H3,(H2,18,19,21);1H. The molecule has 0 aliphatic carbocycles. The van der Waals surface area contributed by atoms with Gasteiger partial charge in [-0.3, -0.25) is 4.79 Å². The van der Waals surface area contributed by atoms with Crippen molar-refractivity contribution >= 4 is 53.1 Å². The lowest BCUT2D eigenvalue weighted by Gasteiger charge is -2.17. The summed E-state index contributed by atoms with van der Waals surface area (Å²) in [5.41, 5.74) is 0.653. The van der Waals surface area contributed by atoms with Crippen LogP contribution < -0.4 is 10.6 Å². The van der Waals surface area contributed by atoms with Crippen molar-refractivity contribution in [1.82, 2.24) is 20.5 Å². The van der Waals surface area contributed by atoms with Gasteiger partial charge >= 0.3 is 5.97 Å². The summed E-state index contributed by atoms with van der Waals surface area (Å²) in [5, 5.41) is 7.18. The van der Waals surface area contributed by atoms with Crippen LogP contribution >= 0.6 is 35.3 Å². The summed E-state index contributed by atoms with van der Waals surface area (Å²) < 4.78 is 5.06. The second kappa shape index (κ2) is 12.9. The second-order valence-corrected chi connectivity index (χ2v) is 6.96. The van der Waals surface area contributed by atoms with E-state index < -0.39 is 0 Å². The molecule has 1 rings (SSSR count). The Morgan fingerprint density at radius 3 is 2.56 bits per heavy atom. The van der Waals surface area contributed by atoms with Crippen molar-refractivity contribution in [2.45, 2.75) is 40.2 Å². The highest BCUT2D eigenvalue weighted by atomic mass is 127. The molecule has 0 bridgehead atoms. The Kier molecular flexibility index (Phi) is 12.2. The minimum atomic E-state index is -0.351. The molecule has 0 saturated heterocycles. The van der Waals surface area contributed by atoms with Crippen molar-refractivity contribution in [3.63, 3.8) is 0 Å².